The summed E-state index contributed by atoms with van der Waals surface area (Å²) in [6, 6.07) is 18.6. The van der Waals surface area contributed by atoms with Crippen molar-refractivity contribution in [3.05, 3.63) is 96.0 Å². The van der Waals surface area contributed by atoms with E-state index in [2.05, 4.69) is 27.9 Å². The Hall–Kier alpha value is -2.53. The zero-order chi connectivity index (χ0) is 23.3. The zero-order valence-corrected chi connectivity index (χ0v) is 21.0. The third-order valence-corrected chi connectivity index (χ3v) is 6.04. The summed E-state index contributed by atoms with van der Waals surface area (Å²) in [6.07, 6.45) is 1.44. The van der Waals surface area contributed by atoms with Crippen LogP contribution in [0.2, 0.25) is 10.0 Å². The molecule has 162 valence electrons. The van der Waals surface area contributed by atoms with E-state index in [1.165, 1.54) is 6.08 Å². The lowest BCUT2D eigenvalue weighted by atomic mass is 10.1. The fourth-order valence-corrected chi connectivity index (χ4v) is 3.84. The smallest absolute Gasteiger partial charge is 0.266 e. The predicted octanol–water partition coefficient (Wildman–Crippen LogP) is 7.34. The summed E-state index contributed by atoms with van der Waals surface area (Å²) in [5.74, 6) is -0.163. The van der Waals surface area contributed by atoms with Crippen LogP contribution >= 0.6 is 45.8 Å². The van der Waals surface area contributed by atoms with E-state index in [1.54, 1.807) is 18.2 Å². The molecule has 0 unspecified atom stereocenters. The van der Waals surface area contributed by atoms with E-state index in [-0.39, 0.29) is 5.57 Å². The van der Waals surface area contributed by atoms with E-state index in [0.717, 1.165) is 20.3 Å². The summed E-state index contributed by atoms with van der Waals surface area (Å²) in [5.41, 5.74) is 4.22. The van der Waals surface area contributed by atoms with E-state index in [9.17, 15) is 10.1 Å². The van der Waals surface area contributed by atoms with Crippen molar-refractivity contribution in [2.24, 2.45) is 0 Å². The molecular formula is C25H19Cl2IN2O2. The molecule has 3 rings (SSSR count). The molecule has 1 amide bonds. The lowest BCUT2D eigenvalue weighted by Crippen LogP contribution is -2.13. The van der Waals surface area contributed by atoms with Gasteiger partial charge in [0.15, 0.2) is 5.75 Å². The minimum Gasteiger partial charge on any atom is -0.486 e. The van der Waals surface area contributed by atoms with E-state index in [4.69, 9.17) is 27.9 Å². The van der Waals surface area contributed by atoms with Crippen molar-refractivity contribution < 1.29 is 9.53 Å². The van der Waals surface area contributed by atoms with Gasteiger partial charge in [-0.2, -0.15) is 5.26 Å². The van der Waals surface area contributed by atoms with Crippen LogP contribution in [-0.2, 0) is 11.4 Å². The van der Waals surface area contributed by atoms with Crippen LogP contribution < -0.4 is 10.1 Å². The first kappa shape index (κ1) is 24.1. The third-order valence-electron chi connectivity index (χ3n) is 4.76. The van der Waals surface area contributed by atoms with E-state index < -0.39 is 5.91 Å². The third kappa shape index (κ3) is 6.26. The molecule has 0 aliphatic carbocycles. The molecule has 0 bridgehead atoms. The topological polar surface area (TPSA) is 62.1 Å². The van der Waals surface area contributed by atoms with Crippen LogP contribution in [0.3, 0.4) is 0 Å². The first-order valence-corrected chi connectivity index (χ1v) is 11.5. The van der Waals surface area contributed by atoms with Crippen molar-refractivity contribution in [3.8, 4) is 11.8 Å². The highest BCUT2D eigenvalue weighted by Crippen LogP contribution is 2.35. The standard InChI is InChI=1S/C25H19Cl2IN2O2/c1-15-3-8-21(9-16(15)2)30-25(31)19(13-29)10-18-11-22(26)24(23(27)12-18)32-14-17-4-6-20(28)7-5-17/h3-12H,14H2,1-2H3,(H,30,31)/b19-10+. The summed E-state index contributed by atoms with van der Waals surface area (Å²) in [6.45, 7) is 4.26. The quantitative estimate of drug-likeness (QED) is 0.190. The number of halogens is 3. The number of amides is 1. The number of rotatable bonds is 6. The molecule has 1 N–H and O–H groups in total. The van der Waals surface area contributed by atoms with Crippen LogP contribution in [0.1, 0.15) is 22.3 Å². The monoisotopic (exact) mass is 576 g/mol. The highest BCUT2D eigenvalue weighted by molar-refractivity contribution is 14.1. The minimum absolute atomic E-state index is 0.0667. The molecule has 0 aliphatic heterocycles. The van der Waals surface area contributed by atoms with E-state index in [0.29, 0.717) is 33.7 Å². The second-order valence-electron chi connectivity index (χ2n) is 7.15. The number of nitriles is 1. The number of anilines is 1. The maximum absolute atomic E-state index is 12.6. The first-order chi connectivity index (χ1) is 15.3. The average Bonchev–Trinajstić information content (AvgIpc) is 2.75. The highest BCUT2D eigenvalue weighted by atomic mass is 127. The summed E-state index contributed by atoms with van der Waals surface area (Å²) in [4.78, 5) is 12.6. The molecule has 0 saturated heterocycles. The Labute approximate surface area is 210 Å². The van der Waals surface area contributed by atoms with Crippen molar-refractivity contribution in [1.82, 2.24) is 0 Å². The van der Waals surface area contributed by atoms with Crippen LogP contribution in [-0.4, -0.2) is 5.91 Å². The Balaban J connectivity index is 1.77. The number of hydrogen-bond donors (Lipinski definition) is 1. The number of benzene rings is 3. The van der Waals surface area contributed by atoms with Gasteiger partial charge in [-0.15, -0.1) is 0 Å². The number of nitrogens with zero attached hydrogens (tertiary/aromatic N) is 1. The van der Waals surface area contributed by atoms with E-state index >= 15 is 0 Å². The van der Waals surface area contributed by atoms with Gasteiger partial charge in [0, 0.05) is 9.26 Å². The van der Waals surface area contributed by atoms with Crippen LogP contribution in [0.15, 0.2) is 60.2 Å². The molecule has 0 aliphatic rings. The Morgan fingerprint density at radius 3 is 2.31 bits per heavy atom. The molecular weight excluding hydrogens is 558 g/mol. The maximum atomic E-state index is 12.6. The largest absolute Gasteiger partial charge is 0.486 e. The van der Waals surface area contributed by atoms with Gasteiger partial charge in [0.2, 0.25) is 0 Å². The molecule has 0 spiro atoms. The normalized spacial score (nSPS) is 11.1. The molecule has 0 aromatic heterocycles. The Morgan fingerprint density at radius 1 is 1.06 bits per heavy atom. The Bertz CT molecular complexity index is 1210. The molecule has 0 atom stereocenters. The number of ether oxygens (including phenoxy) is 1. The lowest BCUT2D eigenvalue weighted by Gasteiger charge is -2.11. The van der Waals surface area contributed by atoms with Crippen LogP contribution in [0.5, 0.6) is 5.75 Å². The van der Waals surface area contributed by atoms with Gasteiger partial charge >= 0.3 is 0 Å². The molecule has 0 radical (unpaired) electrons. The van der Waals surface area contributed by atoms with Crippen LogP contribution in [0.25, 0.3) is 6.08 Å². The molecule has 0 heterocycles. The summed E-state index contributed by atoms with van der Waals surface area (Å²) in [7, 11) is 0. The van der Waals surface area contributed by atoms with Crippen LogP contribution in [0, 0.1) is 28.7 Å². The zero-order valence-electron chi connectivity index (χ0n) is 17.4. The lowest BCUT2D eigenvalue weighted by molar-refractivity contribution is -0.112. The highest BCUT2D eigenvalue weighted by Gasteiger charge is 2.13. The second kappa shape index (κ2) is 10.9. The number of hydrogen-bond acceptors (Lipinski definition) is 3. The van der Waals surface area contributed by atoms with Crippen molar-refractivity contribution >= 4 is 63.5 Å². The average molecular weight is 577 g/mol. The van der Waals surface area contributed by atoms with Crippen molar-refractivity contribution in [3.63, 3.8) is 0 Å². The molecule has 3 aromatic carbocycles. The Morgan fingerprint density at radius 2 is 1.72 bits per heavy atom. The van der Waals surface area contributed by atoms with Crippen molar-refractivity contribution in [1.29, 1.82) is 5.26 Å². The minimum atomic E-state index is -0.512. The Kier molecular flexibility index (Phi) is 8.19. The predicted molar refractivity (Wildman–Crippen MR) is 138 cm³/mol. The molecule has 7 heteroatoms. The second-order valence-corrected chi connectivity index (χ2v) is 9.21. The molecule has 0 fully saturated rings. The van der Waals surface area contributed by atoms with Gasteiger partial charge < -0.3 is 10.1 Å². The van der Waals surface area contributed by atoms with Gasteiger partial charge in [0.25, 0.3) is 5.91 Å². The maximum Gasteiger partial charge on any atom is 0.266 e. The number of nitrogens with one attached hydrogen (secondary N) is 1. The van der Waals surface area contributed by atoms with Gasteiger partial charge in [0.1, 0.15) is 18.2 Å². The SMILES string of the molecule is Cc1ccc(NC(=O)/C(C#N)=C/c2cc(Cl)c(OCc3ccc(I)cc3)c(Cl)c2)cc1C. The molecule has 32 heavy (non-hydrogen) atoms. The van der Waals surface area contributed by atoms with Crippen molar-refractivity contribution in [2.75, 3.05) is 5.32 Å². The molecule has 0 saturated carbocycles. The number of carbonyl (C=O) groups excluding carboxylic acids is 1. The molecule has 3 aromatic rings. The van der Waals surface area contributed by atoms with Gasteiger partial charge in [-0.05, 0) is 101 Å². The summed E-state index contributed by atoms with van der Waals surface area (Å²) >= 11 is 15.0. The van der Waals surface area contributed by atoms with Crippen LogP contribution in [0.4, 0.5) is 5.69 Å². The molecule has 4 nitrogen and oxygen atoms in total. The number of carbonyl (C=O) groups is 1. The van der Waals surface area contributed by atoms with Gasteiger partial charge in [-0.3, -0.25) is 4.79 Å². The first-order valence-electron chi connectivity index (χ1n) is 9.63. The van der Waals surface area contributed by atoms with Gasteiger partial charge in [0.05, 0.1) is 10.0 Å². The van der Waals surface area contributed by atoms with Crippen molar-refractivity contribution in [2.45, 2.75) is 20.5 Å². The van der Waals surface area contributed by atoms with Gasteiger partial charge in [-0.25, -0.2) is 0 Å². The summed E-state index contributed by atoms with van der Waals surface area (Å²) < 4.78 is 6.93. The van der Waals surface area contributed by atoms with E-state index in [1.807, 2.05) is 56.3 Å². The number of aryl methyl sites for hydroxylation is 2. The fraction of sp³-hybridized carbons (Fsp3) is 0.120. The van der Waals surface area contributed by atoms with Gasteiger partial charge in [-0.1, -0.05) is 41.4 Å². The summed E-state index contributed by atoms with van der Waals surface area (Å²) in [5, 5.41) is 12.8. The fourth-order valence-electron chi connectivity index (χ4n) is 2.87.